The third-order valence-electron chi connectivity index (χ3n) is 7.36. The highest BCUT2D eigenvalue weighted by Crippen LogP contribution is 2.30. The minimum absolute atomic E-state index is 0.103. The fourth-order valence-electron chi connectivity index (χ4n) is 5.10. The quantitative estimate of drug-likeness (QED) is 0.147. The van der Waals surface area contributed by atoms with Gasteiger partial charge in [0.2, 0.25) is 5.91 Å². The van der Waals surface area contributed by atoms with E-state index < -0.39 is 42.0 Å². The fourth-order valence-corrected chi connectivity index (χ4v) is 5.92. The van der Waals surface area contributed by atoms with Crippen LogP contribution < -0.4 is 10.6 Å². The van der Waals surface area contributed by atoms with Crippen molar-refractivity contribution in [3.05, 3.63) is 41.0 Å². The van der Waals surface area contributed by atoms with Gasteiger partial charge in [0.05, 0.1) is 34.3 Å². The molecule has 3 rings (SSSR count). The molecule has 2 aromatic rings. The summed E-state index contributed by atoms with van der Waals surface area (Å²) in [5.41, 5.74) is 4.34. The molecule has 2 heterocycles. The predicted octanol–water partition coefficient (Wildman–Crippen LogP) is 2.85. The number of benzene rings is 1. The number of rotatable bonds is 14. The van der Waals surface area contributed by atoms with Crippen molar-refractivity contribution >= 4 is 23.2 Å². The summed E-state index contributed by atoms with van der Waals surface area (Å²) >= 11 is 1.59. The lowest BCUT2D eigenvalue weighted by molar-refractivity contribution is -0.137. The number of hydrogen-bond acceptors (Lipinski definition) is 9. The first-order valence-electron chi connectivity index (χ1n) is 13.9. The monoisotopic (exact) mass is 576 g/mol. The average Bonchev–Trinajstić information content (AvgIpc) is 3.50. The van der Waals surface area contributed by atoms with Crippen molar-refractivity contribution in [2.24, 2.45) is 5.41 Å². The Morgan fingerprint density at radius 3 is 2.45 bits per heavy atom. The zero-order valence-electron chi connectivity index (χ0n) is 23.8. The van der Waals surface area contributed by atoms with Crippen LogP contribution in [0, 0.1) is 12.3 Å². The minimum atomic E-state index is -1.13. The van der Waals surface area contributed by atoms with Crippen LogP contribution in [0.1, 0.15) is 70.6 Å². The number of aliphatic carboxylic acids is 1. The molecule has 222 valence electrons. The van der Waals surface area contributed by atoms with E-state index in [2.05, 4.69) is 15.6 Å². The molecule has 5 atom stereocenters. The van der Waals surface area contributed by atoms with Crippen molar-refractivity contribution in [1.82, 2.24) is 20.5 Å². The molecule has 1 aliphatic rings. The Bertz CT molecular complexity index is 1100. The lowest BCUT2D eigenvalue weighted by Crippen LogP contribution is -2.61. The van der Waals surface area contributed by atoms with E-state index in [4.69, 9.17) is 5.11 Å². The fraction of sp³-hybridized carbons (Fsp3) is 0.621. The number of aromatic nitrogens is 1. The number of nitrogens with one attached hydrogen (secondary N) is 2. The van der Waals surface area contributed by atoms with E-state index in [-0.39, 0.29) is 25.3 Å². The molecule has 0 aliphatic carbocycles. The summed E-state index contributed by atoms with van der Waals surface area (Å²) in [7, 11) is 0. The van der Waals surface area contributed by atoms with Crippen LogP contribution in [-0.4, -0.2) is 79.4 Å². The second kappa shape index (κ2) is 14.5. The Morgan fingerprint density at radius 2 is 1.85 bits per heavy atom. The lowest BCUT2D eigenvalue weighted by atomic mass is 9.84. The molecule has 6 N–H and O–H groups in total. The summed E-state index contributed by atoms with van der Waals surface area (Å²) < 4.78 is 0. The SMILES string of the molecule is Cc1ncsc1-c1ccc(CNC(=O)[C@@H]2C[C@@H](O)CN2[C@@H](O)[C@@H](NC(O)CCCCCC(=O)O)C(C)(C)C)cc1. The molecule has 1 amide bonds. The number of unbranched alkanes of at least 4 members (excludes halogenated alkanes) is 2. The number of carbonyl (C=O) groups is 2. The van der Waals surface area contributed by atoms with Gasteiger partial charge in [0.25, 0.3) is 0 Å². The Hall–Kier alpha value is -2.41. The number of carboxylic acid groups (broad SMARTS) is 1. The lowest BCUT2D eigenvalue weighted by Gasteiger charge is -2.41. The maximum atomic E-state index is 13.2. The molecule has 40 heavy (non-hydrogen) atoms. The number of hydrogen-bond donors (Lipinski definition) is 6. The molecular weight excluding hydrogens is 532 g/mol. The average molecular weight is 577 g/mol. The standard InChI is InChI=1S/C29H44N4O6S/c1-18-25(40-17-31-18)20-12-10-19(11-13-20)15-30-27(38)22-14-21(34)16-33(22)28(39)26(29(2,3)4)32-23(35)8-6-5-7-9-24(36)37/h10-13,17,21-23,26,28,32,34-35,39H,5-9,14-16H2,1-4H3,(H,30,38)(H,36,37)/t21-,22+,23?,26-,28+/m1/s1. The summed E-state index contributed by atoms with van der Waals surface area (Å²) in [6, 6.07) is 6.64. The molecule has 11 heteroatoms. The molecular formula is C29H44N4O6S. The number of aryl methyl sites for hydroxylation is 1. The zero-order valence-corrected chi connectivity index (χ0v) is 24.7. The first kappa shape index (κ1) is 32.1. The van der Waals surface area contributed by atoms with Crippen LogP contribution in [0.2, 0.25) is 0 Å². The van der Waals surface area contributed by atoms with Gasteiger partial charge in [0, 0.05) is 19.5 Å². The highest BCUT2D eigenvalue weighted by Gasteiger charge is 2.44. The number of β-amino-alcohol motifs (C(OH)–C–C–N with tert-alkyl or cyclic N) is 1. The van der Waals surface area contributed by atoms with Crippen molar-refractivity contribution in [3.8, 4) is 10.4 Å². The number of nitrogens with zero attached hydrogens (tertiary/aromatic N) is 2. The highest BCUT2D eigenvalue weighted by molar-refractivity contribution is 7.13. The summed E-state index contributed by atoms with van der Waals surface area (Å²) in [4.78, 5) is 30.9. The van der Waals surface area contributed by atoms with Gasteiger partial charge in [-0.3, -0.25) is 19.8 Å². The van der Waals surface area contributed by atoms with E-state index in [1.165, 1.54) is 0 Å². The molecule has 1 unspecified atom stereocenters. The predicted molar refractivity (Wildman–Crippen MR) is 154 cm³/mol. The van der Waals surface area contributed by atoms with Crippen LogP contribution in [0.5, 0.6) is 0 Å². The largest absolute Gasteiger partial charge is 0.481 e. The smallest absolute Gasteiger partial charge is 0.303 e. The number of thiazole rings is 1. The Balaban J connectivity index is 1.59. The molecule has 10 nitrogen and oxygen atoms in total. The topological polar surface area (TPSA) is 155 Å². The summed E-state index contributed by atoms with van der Waals surface area (Å²) in [6.07, 6.45) is -0.197. The van der Waals surface area contributed by atoms with Gasteiger partial charge in [0.15, 0.2) is 0 Å². The number of carboxylic acids is 1. The second-order valence-electron chi connectivity index (χ2n) is 11.7. The summed E-state index contributed by atoms with van der Waals surface area (Å²) in [5, 5.41) is 47.3. The normalized spacial score (nSPS) is 20.3. The number of carbonyl (C=O) groups excluding carboxylic acids is 1. The van der Waals surface area contributed by atoms with Gasteiger partial charge in [-0.05, 0) is 49.1 Å². The van der Waals surface area contributed by atoms with Crippen molar-refractivity contribution in [3.63, 3.8) is 0 Å². The third kappa shape index (κ3) is 9.05. The van der Waals surface area contributed by atoms with Gasteiger partial charge in [-0.2, -0.15) is 0 Å². The Kier molecular flexibility index (Phi) is 11.6. The van der Waals surface area contributed by atoms with E-state index in [0.717, 1.165) is 21.7 Å². The van der Waals surface area contributed by atoms with Gasteiger partial charge >= 0.3 is 5.97 Å². The molecule has 1 aromatic heterocycles. The van der Waals surface area contributed by atoms with Crippen molar-refractivity contribution in [2.75, 3.05) is 6.54 Å². The van der Waals surface area contributed by atoms with Crippen LogP contribution in [0.25, 0.3) is 10.4 Å². The molecule has 1 fully saturated rings. The van der Waals surface area contributed by atoms with E-state index in [1.807, 2.05) is 57.5 Å². The Morgan fingerprint density at radius 1 is 1.15 bits per heavy atom. The Labute approximate surface area is 240 Å². The third-order valence-corrected chi connectivity index (χ3v) is 8.34. The van der Waals surface area contributed by atoms with Crippen LogP contribution in [0.15, 0.2) is 29.8 Å². The zero-order chi connectivity index (χ0) is 29.4. The van der Waals surface area contributed by atoms with E-state index in [0.29, 0.717) is 32.2 Å². The van der Waals surface area contributed by atoms with E-state index in [9.17, 15) is 24.9 Å². The van der Waals surface area contributed by atoms with Crippen molar-refractivity contribution in [1.29, 1.82) is 0 Å². The van der Waals surface area contributed by atoms with Crippen LogP contribution in [0.4, 0.5) is 0 Å². The molecule has 0 saturated carbocycles. The first-order chi connectivity index (χ1) is 18.9. The molecule has 0 radical (unpaired) electrons. The maximum absolute atomic E-state index is 13.2. The first-order valence-corrected chi connectivity index (χ1v) is 14.8. The van der Waals surface area contributed by atoms with Crippen molar-refractivity contribution in [2.45, 2.75) is 103 Å². The van der Waals surface area contributed by atoms with E-state index in [1.54, 1.807) is 16.2 Å². The van der Waals surface area contributed by atoms with Crippen molar-refractivity contribution < 1.29 is 30.0 Å². The number of aliphatic hydroxyl groups excluding tert-OH is 3. The highest BCUT2D eigenvalue weighted by atomic mass is 32.1. The molecule has 1 aromatic carbocycles. The molecule has 0 bridgehead atoms. The van der Waals surface area contributed by atoms with Gasteiger partial charge < -0.3 is 25.7 Å². The molecule has 1 aliphatic heterocycles. The van der Waals surface area contributed by atoms with Gasteiger partial charge in [-0.1, -0.05) is 51.5 Å². The van der Waals surface area contributed by atoms with Crippen LogP contribution >= 0.6 is 11.3 Å². The minimum Gasteiger partial charge on any atom is -0.481 e. The number of aliphatic hydroxyl groups is 3. The van der Waals surface area contributed by atoms with Crippen LogP contribution in [-0.2, 0) is 16.1 Å². The second-order valence-corrected chi connectivity index (χ2v) is 12.6. The maximum Gasteiger partial charge on any atom is 0.303 e. The summed E-state index contributed by atoms with van der Waals surface area (Å²) in [6.45, 7) is 8.24. The number of likely N-dealkylation sites (tertiary alicyclic amines) is 1. The van der Waals surface area contributed by atoms with Gasteiger partial charge in [-0.25, -0.2) is 4.98 Å². The molecule has 0 spiro atoms. The molecule has 1 saturated heterocycles. The van der Waals surface area contributed by atoms with E-state index >= 15 is 0 Å². The van der Waals surface area contributed by atoms with Crippen LogP contribution in [0.3, 0.4) is 0 Å². The number of amides is 1. The summed E-state index contributed by atoms with van der Waals surface area (Å²) in [5.74, 6) is -1.11. The van der Waals surface area contributed by atoms with Gasteiger partial charge in [-0.15, -0.1) is 11.3 Å². The van der Waals surface area contributed by atoms with Gasteiger partial charge in [0.1, 0.15) is 12.5 Å².